The number of fused-ring (bicyclic) bond motifs is 1. The Morgan fingerprint density at radius 2 is 2.25 bits per heavy atom. The van der Waals surface area contributed by atoms with Crippen LogP contribution in [0.25, 0.3) is 11.0 Å². The lowest BCUT2D eigenvalue weighted by Gasteiger charge is -2.07. The number of halogens is 1. The Morgan fingerprint density at radius 3 is 2.90 bits per heavy atom. The summed E-state index contributed by atoms with van der Waals surface area (Å²) < 4.78 is 26.5. The fourth-order valence-electron chi connectivity index (χ4n) is 1.94. The van der Waals surface area contributed by atoms with Crippen molar-refractivity contribution in [3.05, 3.63) is 34.9 Å². The minimum atomic E-state index is -0.415. The van der Waals surface area contributed by atoms with Gasteiger partial charge in [-0.05, 0) is 19.1 Å². The first-order chi connectivity index (χ1) is 9.52. The zero-order valence-electron chi connectivity index (χ0n) is 11.5. The van der Waals surface area contributed by atoms with Gasteiger partial charge in [0.05, 0.1) is 31.4 Å². The summed E-state index contributed by atoms with van der Waals surface area (Å²) in [5.74, 6) is -0.218. The van der Waals surface area contributed by atoms with Crippen molar-refractivity contribution in [1.82, 2.24) is 9.55 Å². The van der Waals surface area contributed by atoms with Crippen molar-refractivity contribution in [2.75, 3.05) is 20.3 Å². The molecule has 0 spiro atoms. The topological polar surface area (TPSA) is 39.2 Å². The van der Waals surface area contributed by atoms with E-state index in [4.69, 9.17) is 21.7 Å². The van der Waals surface area contributed by atoms with Crippen LogP contribution in [0.2, 0.25) is 0 Å². The van der Waals surface area contributed by atoms with Crippen LogP contribution in [0.3, 0.4) is 0 Å². The molecule has 2 rings (SSSR count). The summed E-state index contributed by atoms with van der Waals surface area (Å²) in [6.45, 7) is 7.29. The van der Waals surface area contributed by atoms with Gasteiger partial charge in [-0.15, -0.1) is 0 Å². The van der Waals surface area contributed by atoms with Gasteiger partial charge in [0.25, 0.3) is 0 Å². The molecule has 20 heavy (non-hydrogen) atoms. The van der Waals surface area contributed by atoms with Crippen LogP contribution in [0.5, 0.6) is 5.75 Å². The van der Waals surface area contributed by atoms with Crippen LogP contribution in [0.15, 0.2) is 24.3 Å². The molecule has 0 saturated carbocycles. The van der Waals surface area contributed by atoms with E-state index in [2.05, 4.69) is 11.6 Å². The molecule has 1 aromatic heterocycles. The average molecular weight is 296 g/mol. The molecule has 0 aliphatic heterocycles. The van der Waals surface area contributed by atoms with Gasteiger partial charge in [0, 0.05) is 18.7 Å². The number of methoxy groups -OCH3 is 1. The Morgan fingerprint density at radius 1 is 1.50 bits per heavy atom. The normalized spacial score (nSPS) is 10.9. The van der Waals surface area contributed by atoms with Gasteiger partial charge in [-0.25, -0.2) is 4.39 Å². The molecule has 0 bridgehead atoms. The van der Waals surface area contributed by atoms with Gasteiger partial charge in [0.2, 0.25) is 0 Å². The summed E-state index contributed by atoms with van der Waals surface area (Å²) in [4.78, 5) is 2.98. The smallest absolute Gasteiger partial charge is 0.178 e. The van der Waals surface area contributed by atoms with E-state index >= 15 is 0 Å². The molecule has 0 unspecified atom stereocenters. The van der Waals surface area contributed by atoms with Gasteiger partial charge in [-0.3, -0.25) is 0 Å². The van der Waals surface area contributed by atoms with Crippen molar-refractivity contribution >= 4 is 23.3 Å². The molecule has 0 fully saturated rings. The minimum absolute atomic E-state index is 0.197. The van der Waals surface area contributed by atoms with Crippen molar-refractivity contribution < 1.29 is 13.9 Å². The van der Waals surface area contributed by atoms with Crippen molar-refractivity contribution in [3.8, 4) is 5.75 Å². The molecule has 6 heteroatoms. The third-order valence-electron chi connectivity index (χ3n) is 2.86. The number of nitrogens with one attached hydrogen (secondary N) is 1. The Labute approximate surface area is 121 Å². The monoisotopic (exact) mass is 296 g/mol. The van der Waals surface area contributed by atoms with E-state index in [9.17, 15) is 4.39 Å². The Balaban J connectivity index is 2.26. The first kappa shape index (κ1) is 14.7. The highest BCUT2D eigenvalue weighted by Gasteiger charge is 2.10. The number of ether oxygens (including phenoxy) is 2. The largest absolute Gasteiger partial charge is 0.494 e. The third kappa shape index (κ3) is 3.08. The maximum absolute atomic E-state index is 13.6. The van der Waals surface area contributed by atoms with Crippen LogP contribution < -0.4 is 4.74 Å². The summed E-state index contributed by atoms with van der Waals surface area (Å²) in [7, 11) is 1.44. The van der Waals surface area contributed by atoms with E-state index in [1.807, 2.05) is 11.5 Å². The predicted octanol–water partition coefficient (Wildman–Crippen LogP) is 3.44. The number of hydrogen-bond donors (Lipinski definition) is 1. The molecular weight excluding hydrogens is 279 g/mol. The summed E-state index contributed by atoms with van der Waals surface area (Å²) in [5.41, 5.74) is 2.41. The van der Waals surface area contributed by atoms with Gasteiger partial charge in [-0.2, -0.15) is 0 Å². The maximum Gasteiger partial charge on any atom is 0.178 e. The summed E-state index contributed by atoms with van der Waals surface area (Å²) in [5, 5.41) is 0. The zero-order chi connectivity index (χ0) is 14.7. The maximum atomic E-state index is 13.6. The average Bonchev–Trinajstić information content (AvgIpc) is 2.68. The van der Waals surface area contributed by atoms with Crippen LogP contribution in [-0.4, -0.2) is 29.9 Å². The quantitative estimate of drug-likeness (QED) is 0.504. The molecule has 108 valence electrons. The number of aromatic amines is 1. The molecule has 4 nitrogen and oxygen atoms in total. The summed E-state index contributed by atoms with van der Waals surface area (Å²) in [6, 6.07) is 3.02. The Hall–Kier alpha value is -1.66. The number of nitrogens with zero attached hydrogens (tertiary/aromatic N) is 1. The SMILES string of the molecule is C=C(C)COCCn1c(=S)[nH]c2cc(F)c(OC)cc21. The number of aromatic nitrogens is 2. The zero-order valence-corrected chi connectivity index (χ0v) is 12.3. The second kappa shape index (κ2) is 6.19. The van der Waals surface area contributed by atoms with Crippen LogP contribution in [-0.2, 0) is 11.3 Å². The second-order valence-corrected chi connectivity index (χ2v) is 4.98. The van der Waals surface area contributed by atoms with Crippen LogP contribution in [0.4, 0.5) is 4.39 Å². The van der Waals surface area contributed by atoms with E-state index in [-0.39, 0.29) is 5.75 Å². The van der Waals surface area contributed by atoms with Crippen molar-refractivity contribution in [3.63, 3.8) is 0 Å². The van der Waals surface area contributed by atoms with E-state index in [1.165, 1.54) is 13.2 Å². The van der Waals surface area contributed by atoms with Crippen molar-refractivity contribution in [2.45, 2.75) is 13.5 Å². The third-order valence-corrected chi connectivity index (χ3v) is 3.18. The standard InChI is InChI=1S/C14H17FN2O2S/c1-9(2)8-19-5-4-17-12-7-13(18-3)10(15)6-11(12)16-14(17)20/h6-7H,1,4-5,8H2,2-3H3,(H,16,20). The molecule has 2 aromatic rings. The van der Waals surface area contributed by atoms with Crippen molar-refractivity contribution in [1.29, 1.82) is 0 Å². The number of hydrogen-bond acceptors (Lipinski definition) is 3. The van der Waals surface area contributed by atoms with E-state index in [1.54, 1.807) is 6.07 Å². The number of imidazole rings is 1. The fourth-order valence-corrected chi connectivity index (χ4v) is 2.24. The highest BCUT2D eigenvalue weighted by atomic mass is 32.1. The van der Waals surface area contributed by atoms with Crippen molar-refractivity contribution in [2.24, 2.45) is 0 Å². The predicted molar refractivity (Wildman–Crippen MR) is 79.3 cm³/mol. The molecule has 0 saturated heterocycles. The Bertz CT molecular complexity index is 690. The molecule has 0 amide bonds. The molecule has 1 N–H and O–H groups in total. The van der Waals surface area contributed by atoms with Crippen LogP contribution in [0.1, 0.15) is 6.92 Å². The highest BCUT2D eigenvalue weighted by molar-refractivity contribution is 7.71. The Kier molecular flexibility index (Phi) is 4.57. The van der Waals surface area contributed by atoms with Gasteiger partial charge < -0.3 is 19.0 Å². The first-order valence-corrected chi connectivity index (χ1v) is 6.62. The number of rotatable bonds is 6. The van der Waals surface area contributed by atoms with E-state index in [0.717, 1.165) is 11.1 Å². The minimum Gasteiger partial charge on any atom is -0.494 e. The lowest BCUT2D eigenvalue weighted by molar-refractivity contribution is 0.148. The molecule has 0 atom stereocenters. The van der Waals surface area contributed by atoms with Crippen LogP contribution >= 0.6 is 12.2 Å². The summed E-state index contributed by atoms with van der Waals surface area (Å²) in [6.07, 6.45) is 0. The fraction of sp³-hybridized carbons (Fsp3) is 0.357. The van der Waals surface area contributed by atoms with E-state index < -0.39 is 5.82 Å². The molecule has 1 heterocycles. The van der Waals surface area contributed by atoms with E-state index in [0.29, 0.717) is 30.0 Å². The van der Waals surface area contributed by atoms with Gasteiger partial charge in [-0.1, -0.05) is 12.2 Å². The lowest BCUT2D eigenvalue weighted by atomic mass is 10.3. The molecule has 0 aliphatic carbocycles. The van der Waals surface area contributed by atoms with Crippen LogP contribution in [0, 0.1) is 10.6 Å². The lowest BCUT2D eigenvalue weighted by Crippen LogP contribution is -2.07. The number of H-pyrrole nitrogens is 1. The highest BCUT2D eigenvalue weighted by Crippen LogP contribution is 2.24. The number of benzene rings is 1. The van der Waals surface area contributed by atoms with Gasteiger partial charge in [0.15, 0.2) is 16.3 Å². The second-order valence-electron chi connectivity index (χ2n) is 4.60. The molecular formula is C14H17FN2O2S. The molecule has 0 radical (unpaired) electrons. The molecule has 1 aromatic carbocycles. The molecule has 0 aliphatic rings. The first-order valence-electron chi connectivity index (χ1n) is 6.21. The summed E-state index contributed by atoms with van der Waals surface area (Å²) >= 11 is 5.25. The van der Waals surface area contributed by atoms with Gasteiger partial charge >= 0.3 is 0 Å². The van der Waals surface area contributed by atoms with Gasteiger partial charge in [0.1, 0.15) is 0 Å².